The van der Waals surface area contributed by atoms with Crippen LogP contribution >= 0.6 is 0 Å². The van der Waals surface area contributed by atoms with Crippen LogP contribution < -0.4 is 38.2 Å². The standard InChI is InChI=1S/C34H42N4O8/c1-37(25-7-9-27(35-21-25)23-17-29(41-3)33(45-15-13-39)30(18-23)42-4)11-12-38(2)26-8-10-28(36-22-26)24-19-31(43-5)34(46-16-14-40)32(20-24)44-6/h7-10,17-22,39-40H,11-16H2,1-6H3. The fourth-order valence-corrected chi connectivity index (χ4v) is 4.76. The highest BCUT2D eigenvalue weighted by Crippen LogP contribution is 2.42. The predicted molar refractivity (Wildman–Crippen MR) is 177 cm³/mol. The summed E-state index contributed by atoms with van der Waals surface area (Å²) in [6, 6.07) is 15.3. The average Bonchev–Trinajstić information content (AvgIpc) is 3.11. The average molecular weight is 635 g/mol. The van der Waals surface area contributed by atoms with Gasteiger partial charge in [-0.25, -0.2) is 0 Å². The van der Waals surface area contributed by atoms with Gasteiger partial charge < -0.3 is 48.4 Å². The lowest BCUT2D eigenvalue weighted by Gasteiger charge is -2.25. The summed E-state index contributed by atoms with van der Waals surface area (Å²) in [5.41, 5.74) is 5.10. The Morgan fingerprint density at radius 2 is 0.913 bits per heavy atom. The van der Waals surface area contributed by atoms with Crippen LogP contribution in [-0.2, 0) is 0 Å². The summed E-state index contributed by atoms with van der Waals surface area (Å²) in [6.45, 7) is 1.53. The monoisotopic (exact) mass is 634 g/mol. The molecule has 2 heterocycles. The summed E-state index contributed by atoms with van der Waals surface area (Å²) in [6.07, 6.45) is 3.67. The number of aliphatic hydroxyl groups is 2. The van der Waals surface area contributed by atoms with Crippen LogP contribution in [0.1, 0.15) is 0 Å². The second-order valence-corrected chi connectivity index (χ2v) is 10.2. The van der Waals surface area contributed by atoms with Gasteiger partial charge in [0.1, 0.15) is 13.2 Å². The predicted octanol–water partition coefficient (Wildman–Crippen LogP) is 4.16. The number of hydrogen-bond acceptors (Lipinski definition) is 12. The molecule has 0 saturated carbocycles. The number of likely N-dealkylation sites (N-methyl/N-ethyl adjacent to an activating group) is 2. The van der Waals surface area contributed by atoms with Gasteiger partial charge in [-0.05, 0) is 48.5 Å². The number of anilines is 2. The molecule has 2 N–H and O–H groups in total. The first kappa shape index (κ1) is 33.9. The second kappa shape index (κ2) is 16.4. The van der Waals surface area contributed by atoms with Crippen molar-refractivity contribution >= 4 is 11.4 Å². The zero-order valence-corrected chi connectivity index (χ0v) is 27.1. The number of aromatic nitrogens is 2. The van der Waals surface area contributed by atoms with Crippen LogP contribution in [0.3, 0.4) is 0 Å². The first-order chi connectivity index (χ1) is 22.4. The molecule has 0 amide bonds. The van der Waals surface area contributed by atoms with Crippen molar-refractivity contribution in [2.45, 2.75) is 0 Å². The number of methoxy groups -OCH3 is 4. The molecule has 4 rings (SSSR count). The van der Waals surface area contributed by atoms with Crippen LogP contribution in [0.25, 0.3) is 22.5 Å². The third-order valence-corrected chi connectivity index (χ3v) is 7.34. The van der Waals surface area contributed by atoms with Crippen molar-refractivity contribution in [3.8, 4) is 57.0 Å². The van der Waals surface area contributed by atoms with Crippen LogP contribution in [0.15, 0.2) is 60.9 Å². The quantitative estimate of drug-likeness (QED) is 0.173. The highest BCUT2D eigenvalue weighted by Gasteiger charge is 2.18. The van der Waals surface area contributed by atoms with Crippen molar-refractivity contribution in [2.24, 2.45) is 0 Å². The molecule has 0 fully saturated rings. The topological polar surface area (TPSA) is 128 Å². The van der Waals surface area contributed by atoms with E-state index in [1.54, 1.807) is 28.4 Å². The van der Waals surface area contributed by atoms with Crippen molar-refractivity contribution in [3.63, 3.8) is 0 Å². The number of benzene rings is 2. The van der Waals surface area contributed by atoms with E-state index in [0.717, 1.165) is 47.0 Å². The van der Waals surface area contributed by atoms with E-state index in [-0.39, 0.29) is 26.4 Å². The van der Waals surface area contributed by atoms with Crippen molar-refractivity contribution in [2.75, 3.05) is 91.9 Å². The van der Waals surface area contributed by atoms with Crippen LogP contribution in [-0.4, -0.2) is 102 Å². The minimum atomic E-state index is -0.116. The summed E-state index contributed by atoms with van der Waals surface area (Å²) in [5, 5.41) is 18.3. The molecule has 2 aromatic heterocycles. The van der Waals surface area contributed by atoms with Crippen LogP contribution in [0.4, 0.5) is 11.4 Å². The molecule has 0 aliphatic rings. The summed E-state index contributed by atoms with van der Waals surface area (Å²) >= 11 is 0. The van der Waals surface area contributed by atoms with Gasteiger partial charge in [0.2, 0.25) is 11.5 Å². The molecule has 0 spiro atoms. The van der Waals surface area contributed by atoms with Gasteiger partial charge in [0, 0.05) is 38.3 Å². The third-order valence-electron chi connectivity index (χ3n) is 7.34. The summed E-state index contributed by atoms with van der Waals surface area (Å²) in [7, 11) is 10.3. The zero-order chi connectivity index (χ0) is 33.1. The van der Waals surface area contributed by atoms with E-state index in [9.17, 15) is 0 Å². The maximum absolute atomic E-state index is 9.15. The van der Waals surface area contributed by atoms with E-state index in [1.165, 1.54) is 0 Å². The molecule has 2 aromatic carbocycles. The highest BCUT2D eigenvalue weighted by molar-refractivity contribution is 5.71. The Morgan fingerprint density at radius 1 is 0.565 bits per heavy atom. The van der Waals surface area contributed by atoms with Gasteiger partial charge in [-0.2, -0.15) is 0 Å². The fourth-order valence-electron chi connectivity index (χ4n) is 4.76. The second-order valence-electron chi connectivity index (χ2n) is 10.2. The first-order valence-electron chi connectivity index (χ1n) is 14.7. The van der Waals surface area contributed by atoms with Crippen LogP contribution in [0, 0.1) is 0 Å². The minimum Gasteiger partial charge on any atom is -0.493 e. The minimum absolute atomic E-state index is 0.116. The number of rotatable bonds is 17. The highest BCUT2D eigenvalue weighted by atomic mass is 16.5. The molecule has 0 atom stereocenters. The van der Waals surface area contributed by atoms with Crippen LogP contribution in [0.5, 0.6) is 34.5 Å². The maximum atomic E-state index is 9.15. The van der Waals surface area contributed by atoms with Crippen molar-refractivity contribution < 1.29 is 38.6 Å². The van der Waals surface area contributed by atoms with Crippen molar-refractivity contribution in [1.82, 2.24) is 9.97 Å². The SMILES string of the molecule is COc1cc(-c2ccc(N(C)CCN(C)c3ccc(-c4cc(OC)c(OCCO)c(OC)c4)nc3)cn2)cc(OC)c1OCCO. The number of hydrogen-bond donors (Lipinski definition) is 2. The molecule has 0 unspecified atom stereocenters. The number of pyridine rings is 2. The van der Waals surface area contributed by atoms with Gasteiger partial charge in [-0.15, -0.1) is 0 Å². The van der Waals surface area contributed by atoms with Gasteiger partial charge in [0.05, 0.1) is 76.8 Å². The number of ether oxygens (including phenoxy) is 6. The zero-order valence-electron chi connectivity index (χ0n) is 27.1. The number of nitrogens with zero attached hydrogens (tertiary/aromatic N) is 4. The van der Waals surface area contributed by atoms with E-state index in [4.69, 9.17) is 38.6 Å². The van der Waals surface area contributed by atoms with Gasteiger partial charge in [-0.3, -0.25) is 9.97 Å². The van der Waals surface area contributed by atoms with E-state index in [0.29, 0.717) is 34.5 Å². The lowest BCUT2D eigenvalue weighted by Crippen LogP contribution is -2.30. The van der Waals surface area contributed by atoms with Crippen molar-refractivity contribution in [3.05, 3.63) is 60.9 Å². The summed E-state index contributed by atoms with van der Waals surface area (Å²) in [4.78, 5) is 13.7. The Morgan fingerprint density at radius 3 is 1.17 bits per heavy atom. The maximum Gasteiger partial charge on any atom is 0.203 e. The Labute approximate surface area is 269 Å². The van der Waals surface area contributed by atoms with E-state index < -0.39 is 0 Å². The lowest BCUT2D eigenvalue weighted by atomic mass is 10.1. The summed E-state index contributed by atoms with van der Waals surface area (Å²) < 4.78 is 33.3. The Kier molecular flexibility index (Phi) is 12.1. The molecular formula is C34H42N4O8. The molecule has 246 valence electrons. The molecule has 0 aliphatic heterocycles. The molecule has 0 aliphatic carbocycles. The first-order valence-corrected chi connectivity index (χ1v) is 14.7. The smallest absolute Gasteiger partial charge is 0.203 e. The molecule has 0 radical (unpaired) electrons. The van der Waals surface area contributed by atoms with E-state index in [1.807, 2.05) is 75.0 Å². The fraction of sp³-hybridized carbons (Fsp3) is 0.353. The van der Waals surface area contributed by atoms with Gasteiger partial charge >= 0.3 is 0 Å². The Bertz CT molecular complexity index is 1380. The Hall–Kier alpha value is -4.94. The molecule has 46 heavy (non-hydrogen) atoms. The summed E-state index contributed by atoms with van der Waals surface area (Å²) in [5.74, 6) is 2.87. The molecule has 12 heteroatoms. The Balaban J connectivity index is 1.40. The van der Waals surface area contributed by atoms with Gasteiger partial charge in [-0.1, -0.05) is 0 Å². The van der Waals surface area contributed by atoms with Gasteiger partial charge in [0.25, 0.3) is 0 Å². The van der Waals surface area contributed by atoms with Gasteiger partial charge in [0.15, 0.2) is 23.0 Å². The third kappa shape index (κ3) is 8.01. The molecule has 0 saturated heterocycles. The number of aliphatic hydroxyl groups excluding tert-OH is 2. The van der Waals surface area contributed by atoms with E-state index in [2.05, 4.69) is 19.8 Å². The van der Waals surface area contributed by atoms with E-state index >= 15 is 0 Å². The molecule has 12 nitrogen and oxygen atoms in total. The largest absolute Gasteiger partial charge is 0.493 e. The van der Waals surface area contributed by atoms with Crippen molar-refractivity contribution in [1.29, 1.82) is 0 Å². The lowest BCUT2D eigenvalue weighted by molar-refractivity contribution is 0.191. The molecule has 0 bridgehead atoms. The normalized spacial score (nSPS) is 10.7. The molecule has 4 aromatic rings. The van der Waals surface area contributed by atoms with Crippen LogP contribution in [0.2, 0.25) is 0 Å². The molecular weight excluding hydrogens is 592 g/mol.